The molecule has 26 heavy (non-hydrogen) atoms. The Bertz CT molecular complexity index is 969. The van der Waals surface area contributed by atoms with Gasteiger partial charge in [-0.15, -0.1) is 0 Å². The van der Waals surface area contributed by atoms with Crippen LogP contribution in [0.15, 0.2) is 59.4 Å². The van der Waals surface area contributed by atoms with Crippen LogP contribution in [0.25, 0.3) is 10.9 Å². The van der Waals surface area contributed by atoms with Crippen molar-refractivity contribution in [3.05, 3.63) is 65.0 Å². The number of amides is 1. The molecule has 7 nitrogen and oxygen atoms in total. The maximum absolute atomic E-state index is 12.5. The van der Waals surface area contributed by atoms with Gasteiger partial charge in [0.25, 0.3) is 11.5 Å². The van der Waals surface area contributed by atoms with Gasteiger partial charge in [0.15, 0.2) is 6.10 Å². The summed E-state index contributed by atoms with van der Waals surface area (Å²) in [5, 5.41) is 0.534. The third-order valence-electron chi connectivity index (χ3n) is 3.90. The van der Waals surface area contributed by atoms with Gasteiger partial charge in [-0.3, -0.25) is 25.0 Å². The molecule has 0 saturated heterocycles. The van der Waals surface area contributed by atoms with E-state index in [0.717, 1.165) is 0 Å². The maximum atomic E-state index is 12.5. The minimum absolute atomic E-state index is 0.163. The Kier molecular flexibility index (Phi) is 5.17. The molecule has 1 aromatic heterocycles. The average molecular weight is 352 g/mol. The predicted octanol–water partition coefficient (Wildman–Crippen LogP) is 2.33. The normalized spacial score (nSPS) is 11.8. The first-order valence-corrected chi connectivity index (χ1v) is 8.37. The van der Waals surface area contributed by atoms with E-state index in [1.165, 1.54) is 4.57 Å². The van der Waals surface area contributed by atoms with Gasteiger partial charge in [-0.05, 0) is 38.1 Å². The predicted molar refractivity (Wildman–Crippen MR) is 100.0 cm³/mol. The number of benzene rings is 2. The van der Waals surface area contributed by atoms with Crippen molar-refractivity contribution < 1.29 is 9.53 Å². The number of hydrogen-bond acceptors (Lipinski definition) is 5. The molecular formula is C19H20N4O3. The SMILES string of the molecule is CCn1c(NNC(=O)C(C)Oc2ccccc2)nc2ccccc2c1=O. The lowest BCUT2D eigenvalue weighted by Crippen LogP contribution is -2.41. The maximum Gasteiger partial charge on any atom is 0.279 e. The van der Waals surface area contributed by atoms with E-state index < -0.39 is 6.10 Å². The van der Waals surface area contributed by atoms with Crippen molar-refractivity contribution in [1.82, 2.24) is 15.0 Å². The van der Waals surface area contributed by atoms with Gasteiger partial charge in [-0.2, -0.15) is 0 Å². The van der Waals surface area contributed by atoms with Crippen molar-refractivity contribution >= 4 is 22.8 Å². The molecule has 2 aromatic carbocycles. The summed E-state index contributed by atoms with van der Waals surface area (Å²) in [7, 11) is 0. The topological polar surface area (TPSA) is 85.2 Å². The molecule has 0 aliphatic carbocycles. The molecule has 0 fully saturated rings. The van der Waals surface area contributed by atoms with Crippen molar-refractivity contribution in [3.8, 4) is 5.75 Å². The number of nitrogens with zero attached hydrogens (tertiary/aromatic N) is 2. The van der Waals surface area contributed by atoms with E-state index in [9.17, 15) is 9.59 Å². The molecule has 2 N–H and O–H groups in total. The highest BCUT2D eigenvalue weighted by Crippen LogP contribution is 2.12. The van der Waals surface area contributed by atoms with Crippen molar-refractivity contribution in [2.45, 2.75) is 26.5 Å². The minimum atomic E-state index is -0.716. The number of rotatable bonds is 6. The van der Waals surface area contributed by atoms with E-state index in [0.29, 0.717) is 23.2 Å². The van der Waals surface area contributed by atoms with Crippen molar-refractivity contribution in [1.29, 1.82) is 0 Å². The second kappa shape index (κ2) is 7.69. The molecule has 1 atom stereocenters. The molecule has 3 aromatic rings. The zero-order valence-electron chi connectivity index (χ0n) is 14.6. The van der Waals surface area contributed by atoms with Crippen LogP contribution >= 0.6 is 0 Å². The summed E-state index contributed by atoms with van der Waals surface area (Å²) in [6.45, 7) is 3.90. The third-order valence-corrected chi connectivity index (χ3v) is 3.90. The van der Waals surface area contributed by atoms with E-state index >= 15 is 0 Å². The Balaban J connectivity index is 1.74. The van der Waals surface area contributed by atoms with E-state index in [4.69, 9.17) is 4.74 Å². The molecular weight excluding hydrogens is 332 g/mol. The highest BCUT2D eigenvalue weighted by Gasteiger charge is 2.16. The molecule has 0 spiro atoms. The first-order chi connectivity index (χ1) is 12.6. The van der Waals surface area contributed by atoms with Crippen LogP contribution in [-0.4, -0.2) is 21.6 Å². The number of nitrogens with one attached hydrogen (secondary N) is 2. The van der Waals surface area contributed by atoms with Crippen LogP contribution in [0.3, 0.4) is 0 Å². The number of carbonyl (C=O) groups is 1. The number of fused-ring (bicyclic) bond motifs is 1. The summed E-state index contributed by atoms with van der Waals surface area (Å²) in [6, 6.07) is 16.2. The number of aromatic nitrogens is 2. The standard InChI is InChI=1S/C19H20N4O3/c1-3-23-18(25)15-11-7-8-12-16(15)20-19(23)22-21-17(24)13(2)26-14-9-5-4-6-10-14/h4-13H,3H2,1-2H3,(H,20,22)(H,21,24). The summed E-state index contributed by atoms with van der Waals surface area (Å²) < 4.78 is 7.04. The Morgan fingerprint density at radius 1 is 1.15 bits per heavy atom. The van der Waals surface area contributed by atoms with Crippen molar-refractivity contribution in [3.63, 3.8) is 0 Å². The first kappa shape index (κ1) is 17.5. The van der Waals surface area contributed by atoms with Gasteiger partial charge in [-0.1, -0.05) is 30.3 Å². The lowest BCUT2D eigenvalue weighted by molar-refractivity contribution is -0.126. The van der Waals surface area contributed by atoms with E-state index in [2.05, 4.69) is 15.8 Å². The Labute approximate surface area is 150 Å². The van der Waals surface area contributed by atoms with Crippen LogP contribution in [0.2, 0.25) is 0 Å². The fourth-order valence-corrected chi connectivity index (χ4v) is 2.53. The quantitative estimate of drug-likeness (QED) is 0.665. The van der Waals surface area contributed by atoms with Gasteiger partial charge in [0.05, 0.1) is 10.9 Å². The number of ether oxygens (including phenoxy) is 1. The lowest BCUT2D eigenvalue weighted by Gasteiger charge is -2.17. The van der Waals surface area contributed by atoms with Gasteiger partial charge >= 0.3 is 0 Å². The molecule has 1 amide bonds. The van der Waals surface area contributed by atoms with Gasteiger partial charge in [0.2, 0.25) is 5.95 Å². The van der Waals surface area contributed by atoms with Crippen molar-refractivity contribution in [2.24, 2.45) is 0 Å². The van der Waals surface area contributed by atoms with Crippen molar-refractivity contribution in [2.75, 3.05) is 5.43 Å². The highest BCUT2D eigenvalue weighted by atomic mass is 16.5. The fraction of sp³-hybridized carbons (Fsp3) is 0.211. The smallest absolute Gasteiger partial charge is 0.279 e. The summed E-state index contributed by atoms with van der Waals surface area (Å²) in [6.07, 6.45) is -0.716. The third kappa shape index (κ3) is 3.66. The highest BCUT2D eigenvalue weighted by molar-refractivity contribution is 5.82. The zero-order valence-corrected chi connectivity index (χ0v) is 14.6. The molecule has 134 valence electrons. The first-order valence-electron chi connectivity index (χ1n) is 8.37. The Hall–Kier alpha value is -3.35. The van der Waals surface area contributed by atoms with Crippen LogP contribution in [0.5, 0.6) is 5.75 Å². The van der Waals surface area contributed by atoms with Crippen LogP contribution < -0.4 is 21.1 Å². The van der Waals surface area contributed by atoms with Crippen LogP contribution in [0.1, 0.15) is 13.8 Å². The summed E-state index contributed by atoms with van der Waals surface area (Å²) >= 11 is 0. The Morgan fingerprint density at radius 3 is 2.58 bits per heavy atom. The molecule has 0 radical (unpaired) electrons. The monoisotopic (exact) mass is 352 g/mol. The molecule has 0 aliphatic heterocycles. The second-order valence-electron chi connectivity index (χ2n) is 5.69. The second-order valence-corrected chi connectivity index (χ2v) is 5.69. The lowest BCUT2D eigenvalue weighted by atomic mass is 10.2. The molecule has 1 unspecified atom stereocenters. The largest absolute Gasteiger partial charge is 0.481 e. The molecule has 1 heterocycles. The minimum Gasteiger partial charge on any atom is -0.481 e. The summed E-state index contributed by atoms with van der Waals surface area (Å²) in [4.78, 5) is 29.2. The molecule has 0 aliphatic rings. The van der Waals surface area contributed by atoms with E-state index in [-0.39, 0.29) is 17.4 Å². The number of hydrazine groups is 1. The fourth-order valence-electron chi connectivity index (χ4n) is 2.53. The number of hydrogen-bond donors (Lipinski definition) is 2. The van der Waals surface area contributed by atoms with Gasteiger partial charge in [-0.25, -0.2) is 4.98 Å². The van der Waals surface area contributed by atoms with Crippen LogP contribution in [0.4, 0.5) is 5.95 Å². The van der Waals surface area contributed by atoms with Crippen LogP contribution in [-0.2, 0) is 11.3 Å². The van der Waals surface area contributed by atoms with Gasteiger partial charge < -0.3 is 4.74 Å². The zero-order chi connectivity index (χ0) is 18.5. The van der Waals surface area contributed by atoms with Crippen LogP contribution in [0, 0.1) is 0 Å². The number of carbonyl (C=O) groups excluding carboxylic acids is 1. The number of para-hydroxylation sites is 2. The molecule has 7 heteroatoms. The summed E-state index contributed by atoms with van der Waals surface area (Å²) in [5.74, 6) is 0.500. The van der Waals surface area contributed by atoms with Gasteiger partial charge in [0, 0.05) is 6.54 Å². The average Bonchev–Trinajstić information content (AvgIpc) is 2.67. The summed E-state index contributed by atoms with van der Waals surface area (Å²) in [5.41, 5.74) is 5.68. The van der Waals surface area contributed by atoms with E-state index in [1.54, 1.807) is 37.3 Å². The van der Waals surface area contributed by atoms with E-state index in [1.807, 2.05) is 31.2 Å². The number of anilines is 1. The molecule has 0 bridgehead atoms. The molecule has 0 saturated carbocycles. The Morgan fingerprint density at radius 2 is 1.85 bits per heavy atom. The molecule has 3 rings (SSSR count). The van der Waals surface area contributed by atoms with Gasteiger partial charge in [0.1, 0.15) is 5.75 Å².